The molecule has 0 amide bonds. The largest absolute Gasteiger partial charge is 0.496 e. The number of thiazole rings is 1. The van der Waals surface area contributed by atoms with Crippen LogP contribution in [0.4, 0.5) is 0 Å². The van der Waals surface area contributed by atoms with Gasteiger partial charge in [0.05, 0.1) is 12.8 Å². The molecule has 0 aliphatic carbocycles. The lowest BCUT2D eigenvalue weighted by atomic mass is 10.1. The van der Waals surface area contributed by atoms with E-state index in [1.807, 2.05) is 6.07 Å². The number of nitrogens with zero attached hydrogens (tertiary/aromatic N) is 1. The number of aryl methyl sites for hydroxylation is 2. The number of hydrogen-bond donors (Lipinski definition) is 0. The van der Waals surface area contributed by atoms with Gasteiger partial charge in [0.25, 0.3) is 0 Å². The second-order valence-corrected chi connectivity index (χ2v) is 6.16. The molecular formula is C13H14BrNOS. The Morgan fingerprint density at radius 1 is 1.41 bits per heavy atom. The summed E-state index contributed by atoms with van der Waals surface area (Å²) in [7, 11) is 1.70. The molecule has 1 aromatic heterocycles. The predicted molar refractivity (Wildman–Crippen MR) is 75.9 cm³/mol. The van der Waals surface area contributed by atoms with Crippen molar-refractivity contribution >= 4 is 27.3 Å². The highest BCUT2D eigenvalue weighted by atomic mass is 79.9. The van der Waals surface area contributed by atoms with Crippen molar-refractivity contribution in [2.45, 2.75) is 20.3 Å². The topological polar surface area (TPSA) is 22.1 Å². The quantitative estimate of drug-likeness (QED) is 0.835. The Morgan fingerprint density at radius 2 is 2.18 bits per heavy atom. The van der Waals surface area contributed by atoms with Crippen molar-refractivity contribution in [3.05, 3.63) is 32.6 Å². The average Bonchev–Trinajstić information content (AvgIpc) is 2.70. The van der Waals surface area contributed by atoms with E-state index >= 15 is 0 Å². The lowest BCUT2D eigenvalue weighted by molar-refractivity contribution is 0.416. The third-order valence-corrected chi connectivity index (χ3v) is 4.26. The Morgan fingerprint density at radius 3 is 2.82 bits per heavy atom. The normalized spacial score (nSPS) is 10.6. The Labute approximate surface area is 114 Å². The molecule has 1 heterocycles. The lowest BCUT2D eigenvalue weighted by Gasteiger charge is -2.08. The van der Waals surface area contributed by atoms with Crippen LogP contribution in [0, 0.1) is 6.92 Å². The van der Waals surface area contributed by atoms with Gasteiger partial charge in [0.2, 0.25) is 0 Å². The summed E-state index contributed by atoms with van der Waals surface area (Å²) < 4.78 is 6.36. The molecule has 0 bridgehead atoms. The Hall–Kier alpha value is -0.870. The number of rotatable bonds is 3. The molecule has 17 heavy (non-hydrogen) atoms. The van der Waals surface area contributed by atoms with Gasteiger partial charge in [-0.2, -0.15) is 0 Å². The Kier molecular flexibility index (Phi) is 3.84. The van der Waals surface area contributed by atoms with Gasteiger partial charge in [-0.05, 0) is 47.0 Å². The predicted octanol–water partition coefficient (Wildman–Crippen LogP) is 4.45. The smallest absolute Gasteiger partial charge is 0.160 e. The summed E-state index contributed by atoms with van der Waals surface area (Å²) in [4.78, 5) is 5.82. The van der Waals surface area contributed by atoms with Crippen molar-refractivity contribution < 1.29 is 4.74 Å². The van der Waals surface area contributed by atoms with Crippen LogP contribution in [0.3, 0.4) is 0 Å². The highest BCUT2D eigenvalue weighted by Crippen LogP contribution is 2.36. The minimum atomic E-state index is 0.887. The van der Waals surface area contributed by atoms with E-state index in [0.29, 0.717) is 0 Å². The third-order valence-electron chi connectivity index (χ3n) is 2.60. The Balaban J connectivity index is 2.59. The van der Waals surface area contributed by atoms with Gasteiger partial charge in [-0.25, -0.2) is 4.98 Å². The van der Waals surface area contributed by atoms with E-state index in [0.717, 1.165) is 27.3 Å². The van der Waals surface area contributed by atoms with Crippen LogP contribution >= 0.6 is 27.3 Å². The van der Waals surface area contributed by atoms with Crippen LogP contribution < -0.4 is 4.74 Å². The number of ether oxygens (including phenoxy) is 1. The van der Waals surface area contributed by atoms with Crippen molar-refractivity contribution in [3.63, 3.8) is 0 Å². The van der Waals surface area contributed by atoms with Crippen molar-refractivity contribution in [3.8, 4) is 17.0 Å². The van der Waals surface area contributed by atoms with Crippen LogP contribution in [0.25, 0.3) is 11.3 Å². The molecule has 4 heteroatoms. The minimum absolute atomic E-state index is 0.887. The van der Waals surface area contributed by atoms with Gasteiger partial charge >= 0.3 is 0 Å². The molecular weight excluding hydrogens is 298 g/mol. The zero-order valence-electron chi connectivity index (χ0n) is 10.1. The molecule has 0 saturated heterocycles. The van der Waals surface area contributed by atoms with E-state index in [2.05, 4.69) is 46.9 Å². The second-order valence-electron chi connectivity index (χ2n) is 3.80. The maximum absolute atomic E-state index is 5.44. The maximum atomic E-state index is 5.44. The fourth-order valence-electron chi connectivity index (χ4n) is 1.77. The van der Waals surface area contributed by atoms with Crippen LogP contribution in [-0.2, 0) is 6.42 Å². The molecule has 90 valence electrons. The van der Waals surface area contributed by atoms with Crippen molar-refractivity contribution in [1.29, 1.82) is 0 Å². The van der Waals surface area contributed by atoms with E-state index in [-0.39, 0.29) is 0 Å². The first kappa shape index (κ1) is 12.6. The van der Waals surface area contributed by atoms with E-state index in [1.54, 1.807) is 18.4 Å². The van der Waals surface area contributed by atoms with E-state index in [4.69, 9.17) is 4.74 Å². The van der Waals surface area contributed by atoms with E-state index in [9.17, 15) is 0 Å². The number of halogens is 1. The zero-order chi connectivity index (χ0) is 12.4. The molecule has 0 aliphatic heterocycles. The first-order valence-electron chi connectivity index (χ1n) is 5.46. The van der Waals surface area contributed by atoms with Gasteiger partial charge < -0.3 is 4.74 Å². The van der Waals surface area contributed by atoms with Crippen molar-refractivity contribution in [2.24, 2.45) is 0 Å². The van der Waals surface area contributed by atoms with E-state index in [1.165, 1.54) is 10.4 Å². The highest BCUT2D eigenvalue weighted by Gasteiger charge is 2.14. The van der Waals surface area contributed by atoms with Crippen LogP contribution in [0.1, 0.15) is 17.4 Å². The monoisotopic (exact) mass is 311 g/mol. The van der Waals surface area contributed by atoms with Gasteiger partial charge in [-0.3, -0.25) is 0 Å². The molecule has 0 N–H and O–H groups in total. The zero-order valence-corrected chi connectivity index (χ0v) is 12.5. The summed E-state index contributed by atoms with van der Waals surface area (Å²) in [6, 6.07) is 6.21. The summed E-state index contributed by atoms with van der Waals surface area (Å²) in [6.45, 7) is 4.20. The summed E-state index contributed by atoms with van der Waals surface area (Å²) in [6.07, 6.45) is 0.982. The fourth-order valence-corrected chi connectivity index (χ4v) is 3.27. The standard InChI is InChI=1S/C13H14BrNOS/c1-4-11-12(15-13(14)17-11)9-6-5-8(2)7-10(9)16-3/h5-7H,4H2,1-3H3. The van der Waals surface area contributed by atoms with Crippen LogP contribution in [-0.4, -0.2) is 12.1 Å². The van der Waals surface area contributed by atoms with Crippen LogP contribution in [0.15, 0.2) is 22.1 Å². The molecule has 0 spiro atoms. The molecule has 2 aromatic rings. The van der Waals surface area contributed by atoms with Crippen molar-refractivity contribution in [1.82, 2.24) is 4.98 Å². The average molecular weight is 312 g/mol. The SMILES string of the molecule is CCc1sc(Br)nc1-c1ccc(C)cc1OC. The molecule has 0 radical (unpaired) electrons. The van der Waals surface area contributed by atoms with E-state index < -0.39 is 0 Å². The molecule has 0 aliphatic rings. The van der Waals surface area contributed by atoms with Gasteiger partial charge in [-0.15, -0.1) is 11.3 Å². The fraction of sp³-hybridized carbons (Fsp3) is 0.308. The van der Waals surface area contributed by atoms with Gasteiger partial charge in [0.15, 0.2) is 3.92 Å². The van der Waals surface area contributed by atoms with Crippen LogP contribution in [0.5, 0.6) is 5.75 Å². The lowest BCUT2D eigenvalue weighted by Crippen LogP contribution is -1.91. The maximum Gasteiger partial charge on any atom is 0.160 e. The van der Waals surface area contributed by atoms with Crippen LogP contribution in [0.2, 0.25) is 0 Å². The summed E-state index contributed by atoms with van der Waals surface area (Å²) >= 11 is 5.13. The Bertz CT molecular complexity index is 536. The minimum Gasteiger partial charge on any atom is -0.496 e. The number of benzene rings is 1. The summed E-state index contributed by atoms with van der Waals surface area (Å²) in [5, 5.41) is 0. The van der Waals surface area contributed by atoms with Gasteiger partial charge in [-0.1, -0.05) is 13.0 Å². The molecule has 0 saturated carbocycles. The molecule has 2 rings (SSSR count). The molecule has 0 fully saturated rings. The molecule has 1 aromatic carbocycles. The van der Waals surface area contributed by atoms with Crippen molar-refractivity contribution in [2.75, 3.05) is 7.11 Å². The molecule has 2 nitrogen and oxygen atoms in total. The molecule has 0 atom stereocenters. The number of aromatic nitrogens is 1. The highest BCUT2D eigenvalue weighted by molar-refractivity contribution is 9.11. The summed E-state index contributed by atoms with van der Waals surface area (Å²) in [5.74, 6) is 0.887. The second kappa shape index (κ2) is 5.19. The first-order chi connectivity index (χ1) is 8.15. The third kappa shape index (κ3) is 2.53. The number of hydrogen-bond acceptors (Lipinski definition) is 3. The number of methoxy groups -OCH3 is 1. The van der Waals surface area contributed by atoms with Gasteiger partial charge in [0.1, 0.15) is 5.75 Å². The first-order valence-corrected chi connectivity index (χ1v) is 7.07. The summed E-state index contributed by atoms with van der Waals surface area (Å²) in [5.41, 5.74) is 3.29. The van der Waals surface area contributed by atoms with Gasteiger partial charge in [0, 0.05) is 10.4 Å². The molecule has 0 unspecified atom stereocenters.